The Balaban J connectivity index is 1.77. The molecule has 2 rings (SSSR count). The SMILES string of the molecule is CNC(C)CCCSc1nnnn1C1CCCC1. The molecule has 1 saturated carbocycles. The van der Waals surface area contributed by atoms with Crippen LogP contribution in [0.15, 0.2) is 5.16 Å². The summed E-state index contributed by atoms with van der Waals surface area (Å²) in [5.41, 5.74) is 0. The highest BCUT2D eigenvalue weighted by Gasteiger charge is 2.21. The van der Waals surface area contributed by atoms with E-state index in [1.807, 2.05) is 11.7 Å². The van der Waals surface area contributed by atoms with Crippen molar-refractivity contribution in [2.45, 2.75) is 62.7 Å². The fourth-order valence-corrected chi connectivity index (χ4v) is 3.26. The Hall–Kier alpha value is -0.620. The molecule has 0 spiro atoms. The van der Waals surface area contributed by atoms with Gasteiger partial charge >= 0.3 is 0 Å². The van der Waals surface area contributed by atoms with Crippen LogP contribution in [-0.2, 0) is 0 Å². The first-order valence-electron chi connectivity index (χ1n) is 6.89. The van der Waals surface area contributed by atoms with E-state index in [9.17, 15) is 0 Å². The zero-order valence-electron chi connectivity index (χ0n) is 11.3. The molecule has 0 aliphatic heterocycles. The van der Waals surface area contributed by atoms with Crippen LogP contribution in [0, 0.1) is 0 Å². The molecule has 0 aromatic carbocycles. The molecule has 1 aliphatic rings. The summed E-state index contributed by atoms with van der Waals surface area (Å²) in [5, 5.41) is 16.4. The normalized spacial score (nSPS) is 18.3. The van der Waals surface area contributed by atoms with Gasteiger partial charge in [0, 0.05) is 11.8 Å². The van der Waals surface area contributed by atoms with Crippen LogP contribution in [0.4, 0.5) is 0 Å². The van der Waals surface area contributed by atoms with E-state index in [0.717, 1.165) is 10.9 Å². The van der Waals surface area contributed by atoms with E-state index in [-0.39, 0.29) is 0 Å². The molecule has 1 unspecified atom stereocenters. The predicted octanol–water partition coefficient (Wildman–Crippen LogP) is 2.27. The van der Waals surface area contributed by atoms with Crippen LogP contribution in [0.5, 0.6) is 0 Å². The highest BCUT2D eigenvalue weighted by atomic mass is 32.2. The Morgan fingerprint density at radius 1 is 1.44 bits per heavy atom. The molecule has 1 atom stereocenters. The van der Waals surface area contributed by atoms with Crippen LogP contribution < -0.4 is 5.32 Å². The van der Waals surface area contributed by atoms with Gasteiger partial charge in [-0.25, -0.2) is 4.68 Å². The maximum atomic E-state index is 4.15. The van der Waals surface area contributed by atoms with Gasteiger partial charge in [0.15, 0.2) is 0 Å². The van der Waals surface area contributed by atoms with Gasteiger partial charge in [-0.1, -0.05) is 24.6 Å². The molecule has 6 heteroatoms. The van der Waals surface area contributed by atoms with Gasteiger partial charge in [0.1, 0.15) is 0 Å². The van der Waals surface area contributed by atoms with Crippen LogP contribution in [0.1, 0.15) is 51.5 Å². The minimum Gasteiger partial charge on any atom is -0.317 e. The molecular formula is C12H23N5S. The van der Waals surface area contributed by atoms with E-state index in [4.69, 9.17) is 0 Å². The summed E-state index contributed by atoms with van der Waals surface area (Å²) in [6.07, 6.45) is 7.49. The molecule has 102 valence electrons. The zero-order valence-corrected chi connectivity index (χ0v) is 12.1. The number of tetrazole rings is 1. The average molecular weight is 269 g/mol. The molecule has 0 bridgehead atoms. The number of aromatic nitrogens is 4. The van der Waals surface area contributed by atoms with Crippen molar-refractivity contribution in [2.75, 3.05) is 12.8 Å². The van der Waals surface area contributed by atoms with E-state index in [1.54, 1.807) is 11.8 Å². The predicted molar refractivity (Wildman–Crippen MR) is 73.8 cm³/mol. The third-order valence-electron chi connectivity index (χ3n) is 3.64. The third kappa shape index (κ3) is 3.68. The first-order chi connectivity index (χ1) is 8.81. The zero-order chi connectivity index (χ0) is 12.8. The Labute approximate surface area is 113 Å². The van der Waals surface area contributed by atoms with Crippen LogP contribution in [-0.4, -0.2) is 39.0 Å². The second kappa shape index (κ2) is 7.09. The largest absolute Gasteiger partial charge is 0.317 e. The van der Waals surface area contributed by atoms with Gasteiger partial charge in [-0.3, -0.25) is 0 Å². The van der Waals surface area contributed by atoms with Gasteiger partial charge < -0.3 is 5.32 Å². The lowest BCUT2D eigenvalue weighted by Crippen LogP contribution is -2.20. The molecule has 1 heterocycles. The Morgan fingerprint density at radius 3 is 2.94 bits per heavy atom. The number of nitrogens with zero attached hydrogens (tertiary/aromatic N) is 4. The standard InChI is InChI=1S/C12H23N5S/c1-10(13-2)6-5-9-18-12-14-15-16-17(12)11-7-3-4-8-11/h10-11,13H,3-9H2,1-2H3. The number of rotatable bonds is 7. The number of hydrogen-bond acceptors (Lipinski definition) is 5. The lowest BCUT2D eigenvalue weighted by molar-refractivity contribution is 0.423. The Morgan fingerprint density at radius 2 is 2.22 bits per heavy atom. The van der Waals surface area contributed by atoms with Crippen LogP contribution in [0.2, 0.25) is 0 Å². The monoisotopic (exact) mass is 269 g/mol. The van der Waals surface area contributed by atoms with E-state index in [1.165, 1.54) is 38.5 Å². The minimum atomic E-state index is 0.540. The van der Waals surface area contributed by atoms with E-state index in [0.29, 0.717) is 12.1 Å². The van der Waals surface area contributed by atoms with Crippen molar-refractivity contribution in [1.29, 1.82) is 0 Å². The van der Waals surface area contributed by atoms with E-state index in [2.05, 4.69) is 27.8 Å². The van der Waals surface area contributed by atoms with Gasteiger partial charge in [-0.15, -0.1) is 5.10 Å². The van der Waals surface area contributed by atoms with Gasteiger partial charge in [-0.05, 0) is 50.1 Å². The summed E-state index contributed by atoms with van der Waals surface area (Å²) in [7, 11) is 2.01. The average Bonchev–Trinajstić information content (AvgIpc) is 3.04. The van der Waals surface area contributed by atoms with Crippen molar-refractivity contribution in [2.24, 2.45) is 0 Å². The topological polar surface area (TPSA) is 55.6 Å². The molecule has 18 heavy (non-hydrogen) atoms. The molecule has 1 aromatic heterocycles. The summed E-state index contributed by atoms with van der Waals surface area (Å²) in [5.74, 6) is 1.10. The number of nitrogens with one attached hydrogen (secondary N) is 1. The molecule has 0 saturated heterocycles. The number of thioether (sulfide) groups is 1. The van der Waals surface area contributed by atoms with Gasteiger partial charge in [0.25, 0.3) is 0 Å². The Kier molecular flexibility index (Phi) is 5.44. The molecule has 0 radical (unpaired) electrons. The molecule has 1 fully saturated rings. The molecular weight excluding hydrogens is 246 g/mol. The highest BCUT2D eigenvalue weighted by Crippen LogP contribution is 2.31. The lowest BCUT2D eigenvalue weighted by Gasteiger charge is -2.11. The maximum Gasteiger partial charge on any atom is 0.209 e. The molecule has 5 nitrogen and oxygen atoms in total. The molecule has 1 aliphatic carbocycles. The van der Waals surface area contributed by atoms with Crippen molar-refractivity contribution in [3.05, 3.63) is 0 Å². The van der Waals surface area contributed by atoms with Crippen LogP contribution in [0.25, 0.3) is 0 Å². The second-order valence-electron chi connectivity index (χ2n) is 5.02. The highest BCUT2D eigenvalue weighted by molar-refractivity contribution is 7.99. The first kappa shape index (κ1) is 13.8. The summed E-state index contributed by atoms with van der Waals surface area (Å²) >= 11 is 1.79. The fourth-order valence-electron chi connectivity index (χ4n) is 2.36. The van der Waals surface area contributed by atoms with Gasteiger partial charge in [-0.2, -0.15) is 0 Å². The summed E-state index contributed by atoms with van der Waals surface area (Å²) in [6.45, 7) is 2.22. The van der Waals surface area contributed by atoms with Crippen molar-refractivity contribution >= 4 is 11.8 Å². The summed E-state index contributed by atoms with van der Waals surface area (Å²) < 4.78 is 2.04. The third-order valence-corrected chi connectivity index (χ3v) is 4.66. The lowest BCUT2D eigenvalue weighted by atomic mass is 10.2. The maximum absolute atomic E-state index is 4.15. The molecule has 0 amide bonds. The number of hydrogen-bond donors (Lipinski definition) is 1. The summed E-state index contributed by atoms with van der Waals surface area (Å²) in [6, 6.07) is 1.13. The van der Waals surface area contributed by atoms with Crippen molar-refractivity contribution in [3.63, 3.8) is 0 Å². The van der Waals surface area contributed by atoms with Gasteiger partial charge in [0.2, 0.25) is 5.16 Å². The first-order valence-corrected chi connectivity index (χ1v) is 7.87. The van der Waals surface area contributed by atoms with Crippen LogP contribution >= 0.6 is 11.8 Å². The fraction of sp³-hybridized carbons (Fsp3) is 0.917. The second-order valence-corrected chi connectivity index (χ2v) is 6.09. The summed E-state index contributed by atoms with van der Waals surface area (Å²) in [4.78, 5) is 0. The molecule has 1 N–H and O–H groups in total. The smallest absolute Gasteiger partial charge is 0.209 e. The van der Waals surface area contributed by atoms with Gasteiger partial charge in [0.05, 0.1) is 6.04 Å². The van der Waals surface area contributed by atoms with Crippen molar-refractivity contribution < 1.29 is 0 Å². The van der Waals surface area contributed by atoms with Crippen LogP contribution in [0.3, 0.4) is 0 Å². The minimum absolute atomic E-state index is 0.540. The Bertz CT molecular complexity index is 348. The quantitative estimate of drug-likeness (QED) is 0.608. The van der Waals surface area contributed by atoms with E-state index < -0.39 is 0 Å². The van der Waals surface area contributed by atoms with Crippen molar-refractivity contribution in [3.8, 4) is 0 Å². The van der Waals surface area contributed by atoms with Crippen molar-refractivity contribution in [1.82, 2.24) is 25.5 Å². The molecule has 1 aromatic rings. The van der Waals surface area contributed by atoms with E-state index >= 15 is 0 Å².